The molecule has 2 unspecified atom stereocenters. The number of benzene rings is 2. The van der Waals surface area contributed by atoms with E-state index in [4.69, 9.17) is 4.74 Å². The molecule has 0 spiro atoms. The van der Waals surface area contributed by atoms with E-state index in [9.17, 15) is 18.3 Å². The number of nitrogens with one attached hydrogen (secondary N) is 2. The molecule has 234 valence electrons. The van der Waals surface area contributed by atoms with Crippen LogP contribution >= 0.6 is 0 Å². The van der Waals surface area contributed by atoms with Crippen LogP contribution in [0.3, 0.4) is 0 Å². The first-order valence-electron chi connectivity index (χ1n) is 14.6. The van der Waals surface area contributed by atoms with E-state index >= 15 is 0 Å². The van der Waals surface area contributed by atoms with Crippen molar-refractivity contribution < 1.29 is 23.1 Å². The number of carbonyl (C=O) groups is 1. The highest BCUT2D eigenvalue weighted by molar-refractivity contribution is 7.89. The first-order valence-corrected chi connectivity index (χ1v) is 16.1. The van der Waals surface area contributed by atoms with Gasteiger partial charge in [-0.1, -0.05) is 24.3 Å². The lowest BCUT2D eigenvalue weighted by Gasteiger charge is -2.37. The number of sulfonamides is 1. The van der Waals surface area contributed by atoms with Crippen LogP contribution < -0.4 is 10.0 Å². The summed E-state index contributed by atoms with van der Waals surface area (Å²) < 4.78 is 35.7. The van der Waals surface area contributed by atoms with Crippen LogP contribution in [0, 0.1) is 0 Å². The Bertz CT molecular complexity index is 1760. The van der Waals surface area contributed by atoms with Gasteiger partial charge in [-0.25, -0.2) is 27.4 Å². The number of amides is 1. The van der Waals surface area contributed by atoms with Gasteiger partial charge in [-0.05, 0) is 89.9 Å². The molecule has 1 aliphatic heterocycles. The third kappa shape index (κ3) is 7.37. The number of rotatable bonds is 6. The molecule has 1 aliphatic rings. The number of aliphatic hydroxyl groups is 1. The molecular weight excluding hydrogens is 580 g/mol. The fourth-order valence-corrected chi connectivity index (χ4v) is 6.68. The van der Waals surface area contributed by atoms with E-state index in [1.165, 1.54) is 0 Å². The molecule has 12 heteroatoms. The van der Waals surface area contributed by atoms with Crippen LogP contribution in [0.1, 0.15) is 59.4 Å². The number of aliphatic hydroxyl groups excluding tert-OH is 1. The van der Waals surface area contributed by atoms with Gasteiger partial charge >= 0.3 is 6.09 Å². The minimum atomic E-state index is -3.71. The van der Waals surface area contributed by atoms with Crippen molar-refractivity contribution >= 4 is 33.3 Å². The highest BCUT2D eigenvalue weighted by atomic mass is 32.2. The number of hydrogen-bond donors (Lipinski definition) is 3. The minimum absolute atomic E-state index is 0.101. The zero-order valence-electron chi connectivity index (χ0n) is 25.9. The Hall–Kier alpha value is -4.00. The summed E-state index contributed by atoms with van der Waals surface area (Å²) in [6.07, 6.45) is 1.21. The maximum absolute atomic E-state index is 12.9. The number of hydrogen-bond acceptors (Lipinski definition) is 8. The minimum Gasteiger partial charge on any atom is -0.444 e. The summed E-state index contributed by atoms with van der Waals surface area (Å²) in [5.41, 5.74) is 2.73. The fourth-order valence-electron chi connectivity index (χ4n) is 5.22. The van der Waals surface area contributed by atoms with Crippen molar-refractivity contribution in [3.8, 4) is 11.3 Å². The highest BCUT2D eigenvalue weighted by Crippen LogP contribution is 2.31. The van der Waals surface area contributed by atoms with Gasteiger partial charge in [0.25, 0.3) is 0 Å². The molecule has 2 atom stereocenters. The van der Waals surface area contributed by atoms with Crippen molar-refractivity contribution in [1.29, 1.82) is 0 Å². The van der Waals surface area contributed by atoms with Crippen molar-refractivity contribution in [3.63, 3.8) is 0 Å². The molecule has 2 aromatic carbocycles. The van der Waals surface area contributed by atoms with Gasteiger partial charge in [-0.2, -0.15) is 0 Å². The molecule has 3 heterocycles. The quantitative estimate of drug-likeness (QED) is 0.264. The van der Waals surface area contributed by atoms with E-state index in [2.05, 4.69) is 20.1 Å². The topological polar surface area (TPSA) is 138 Å². The molecule has 4 aromatic rings. The standard InChI is InChI=1S/C32H40N6O5S/c1-31(2,3)36-44(41,42)25-9-7-8-22(18-25)27-15-14-24-19-33-29(35-38(24)27)34-23-12-10-21(11-13-23)26-16-17-37(20-28(26)39)30(40)43-32(4,5)6/h7-15,18-19,26,28,36,39H,16-17,20H2,1-6H3,(H,34,35). The van der Waals surface area contributed by atoms with E-state index in [-0.39, 0.29) is 17.4 Å². The van der Waals surface area contributed by atoms with Crippen molar-refractivity contribution in [2.24, 2.45) is 0 Å². The van der Waals surface area contributed by atoms with Crippen LogP contribution in [-0.4, -0.2) is 69.4 Å². The van der Waals surface area contributed by atoms with Crippen molar-refractivity contribution in [2.75, 3.05) is 18.4 Å². The van der Waals surface area contributed by atoms with Crippen molar-refractivity contribution in [2.45, 2.75) is 76.0 Å². The van der Waals surface area contributed by atoms with Gasteiger partial charge in [0.1, 0.15) is 5.60 Å². The van der Waals surface area contributed by atoms with Gasteiger partial charge in [-0.15, -0.1) is 5.10 Å². The number of β-amino-alcohol motifs (C(OH)–C–C–N with tert-alkyl or cyclic N) is 1. The molecule has 0 radical (unpaired) electrons. The van der Waals surface area contributed by atoms with E-state index < -0.39 is 33.4 Å². The summed E-state index contributed by atoms with van der Waals surface area (Å²) in [6, 6.07) is 18.2. The monoisotopic (exact) mass is 620 g/mol. The second kappa shape index (κ2) is 11.8. The summed E-state index contributed by atoms with van der Waals surface area (Å²) in [4.78, 5) is 18.6. The first kappa shape index (κ1) is 31.4. The Morgan fingerprint density at radius 1 is 1.02 bits per heavy atom. The fraction of sp³-hybridized carbons (Fsp3) is 0.406. The number of nitrogens with zero attached hydrogens (tertiary/aromatic N) is 4. The predicted molar refractivity (Wildman–Crippen MR) is 169 cm³/mol. The van der Waals surface area contributed by atoms with Gasteiger partial charge < -0.3 is 20.1 Å². The van der Waals surface area contributed by atoms with E-state index in [0.29, 0.717) is 24.5 Å². The smallest absolute Gasteiger partial charge is 0.410 e. The number of anilines is 2. The second-order valence-corrected chi connectivity index (χ2v) is 14.8. The van der Waals surface area contributed by atoms with Crippen LogP contribution in [-0.2, 0) is 14.8 Å². The lowest BCUT2D eigenvalue weighted by Crippen LogP contribution is -2.47. The molecule has 5 rings (SSSR count). The van der Waals surface area contributed by atoms with Crippen LogP contribution in [0.4, 0.5) is 16.4 Å². The van der Waals surface area contributed by atoms with Crippen LogP contribution in [0.25, 0.3) is 16.8 Å². The Morgan fingerprint density at radius 2 is 1.75 bits per heavy atom. The van der Waals surface area contributed by atoms with Crippen LogP contribution in [0.5, 0.6) is 0 Å². The lowest BCUT2D eigenvalue weighted by molar-refractivity contribution is -0.00152. The van der Waals surface area contributed by atoms with Crippen LogP contribution in [0.15, 0.2) is 71.8 Å². The average Bonchev–Trinajstić information content (AvgIpc) is 3.35. The van der Waals surface area contributed by atoms with Gasteiger partial charge in [0.05, 0.1) is 35.0 Å². The van der Waals surface area contributed by atoms with Gasteiger partial charge in [0, 0.05) is 29.3 Å². The van der Waals surface area contributed by atoms with E-state index in [1.54, 1.807) is 54.6 Å². The molecule has 44 heavy (non-hydrogen) atoms. The molecule has 1 saturated heterocycles. The zero-order chi connectivity index (χ0) is 31.9. The molecule has 0 bridgehead atoms. The molecule has 0 saturated carbocycles. The summed E-state index contributed by atoms with van der Waals surface area (Å²) in [5.74, 6) is 0.266. The van der Waals surface area contributed by atoms with E-state index in [0.717, 1.165) is 22.5 Å². The number of aromatic nitrogens is 3. The maximum atomic E-state index is 12.9. The first-order chi connectivity index (χ1) is 20.6. The summed E-state index contributed by atoms with van der Waals surface area (Å²) in [6.45, 7) is 11.6. The third-order valence-corrected chi connectivity index (χ3v) is 8.86. The highest BCUT2D eigenvalue weighted by Gasteiger charge is 2.33. The summed E-state index contributed by atoms with van der Waals surface area (Å²) in [7, 11) is -3.71. The number of fused-ring (bicyclic) bond motifs is 1. The molecule has 2 aromatic heterocycles. The normalized spacial score (nSPS) is 17.9. The van der Waals surface area contributed by atoms with Gasteiger partial charge in [0.15, 0.2) is 0 Å². The molecular formula is C32H40N6O5S. The Balaban J connectivity index is 1.30. The third-order valence-electron chi connectivity index (χ3n) is 7.11. The number of piperidine rings is 1. The SMILES string of the molecule is CC(C)(C)NS(=O)(=O)c1cccc(-c2ccc3cnc(Nc4ccc(C5CCN(C(=O)OC(C)(C)C)CC5O)cc4)nn23)c1. The predicted octanol–water partition coefficient (Wildman–Crippen LogP) is 5.30. The maximum Gasteiger partial charge on any atom is 0.410 e. The second-order valence-electron chi connectivity index (χ2n) is 13.2. The molecule has 1 amide bonds. The van der Waals surface area contributed by atoms with E-state index in [1.807, 2.05) is 63.2 Å². The van der Waals surface area contributed by atoms with Gasteiger partial charge in [0.2, 0.25) is 16.0 Å². The zero-order valence-corrected chi connectivity index (χ0v) is 26.7. The van der Waals surface area contributed by atoms with Crippen LogP contribution in [0.2, 0.25) is 0 Å². The molecule has 0 aliphatic carbocycles. The Kier molecular flexibility index (Phi) is 8.45. The van der Waals surface area contributed by atoms with Gasteiger partial charge in [-0.3, -0.25) is 0 Å². The Labute approximate surface area is 258 Å². The lowest BCUT2D eigenvalue weighted by atomic mass is 9.87. The molecule has 1 fully saturated rings. The van der Waals surface area contributed by atoms with Crippen molar-refractivity contribution in [1.82, 2.24) is 24.2 Å². The molecule has 3 N–H and O–H groups in total. The Morgan fingerprint density at radius 3 is 2.41 bits per heavy atom. The van der Waals surface area contributed by atoms with Crippen molar-refractivity contribution in [3.05, 3.63) is 72.4 Å². The number of carbonyl (C=O) groups excluding carboxylic acids is 1. The largest absolute Gasteiger partial charge is 0.444 e. The number of ether oxygens (including phenoxy) is 1. The summed E-state index contributed by atoms with van der Waals surface area (Å²) >= 11 is 0. The summed E-state index contributed by atoms with van der Waals surface area (Å²) in [5, 5.41) is 18.7. The average molecular weight is 621 g/mol. The number of likely N-dealkylation sites (tertiary alicyclic amines) is 1. The molecule has 11 nitrogen and oxygen atoms in total.